The molecule has 0 saturated carbocycles. The molecule has 0 spiro atoms. The van der Waals surface area contributed by atoms with Gasteiger partial charge in [-0.15, -0.1) is 0 Å². The number of fused-ring (bicyclic) bond motifs is 1. The highest BCUT2D eigenvalue weighted by Crippen LogP contribution is 2.41. The average molecular weight is 438 g/mol. The van der Waals surface area contributed by atoms with Crippen LogP contribution in [0.3, 0.4) is 0 Å². The molecule has 0 fully saturated rings. The molecule has 0 radical (unpaired) electrons. The van der Waals surface area contributed by atoms with Gasteiger partial charge in [0.25, 0.3) is 0 Å². The monoisotopic (exact) mass is 437 g/mol. The van der Waals surface area contributed by atoms with Gasteiger partial charge in [0.2, 0.25) is 0 Å². The summed E-state index contributed by atoms with van der Waals surface area (Å²) in [6.45, 7) is -1.03. The molecule has 4 aromatic rings. The minimum atomic E-state index is -2.54. The van der Waals surface area contributed by atoms with Gasteiger partial charge in [0.1, 0.15) is 40.9 Å². The zero-order valence-electron chi connectivity index (χ0n) is 18.2. The minimum absolute atomic E-state index is 0.00976. The largest absolute Gasteiger partial charge is 0.482 e. The Morgan fingerprint density at radius 1 is 1.20 bits per heavy atom. The molecular weight excluding hydrogens is 421 g/mol. The Hall–Kier alpha value is -3.40. The molecule has 0 aliphatic rings. The molecule has 0 unspecified atom stereocenters. The molecule has 1 atom stereocenters. The summed E-state index contributed by atoms with van der Waals surface area (Å²) < 4.78 is 72.1. The maximum absolute atomic E-state index is 15.2. The van der Waals surface area contributed by atoms with Gasteiger partial charge in [-0.05, 0) is 19.1 Å². The van der Waals surface area contributed by atoms with Crippen LogP contribution < -0.4 is 10.5 Å². The van der Waals surface area contributed by atoms with E-state index in [0.717, 1.165) is 30.9 Å². The van der Waals surface area contributed by atoms with Gasteiger partial charge in [-0.1, -0.05) is 11.6 Å². The van der Waals surface area contributed by atoms with Crippen molar-refractivity contribution in [2.24, 2.45) is 6.98 Å². The summed E-state index contributed by atoms with van der Waals surface area (Å²) in [7, 11) is 0. The molecule has 11 heteroatoms. The number of nitrogens with zero attached hydrogens (tertiary/aromatic N) is 5. The van der Waals surface area contributed by atoms with Crippen LogP contribution in [0.15, 0.2) is 30.9 Å². The molecule has 0 bridgehead atoms. The van der Waals surface area contributed by atoms with Gasteiger partial charge < -0.3 is 10.5 Å². The molecule has 0 amide bonds. The van der Waals surface area contributed by atoms with Crippen LogP contribution in [0.4, 0.5) is 19.0 Å². The molecule has 4 rings (SSSR count). The fourth-order valence-corrected chi connectivity index (χ4v) is 3.14. The van der Waals surface area contributed by atoms with Gasteiger partial charge in [-0.2, -0.15) is 5.10 Å². The summed E-state index contributed by atoms with van der Waals surface area (Å²) >= 11 is 5.66. The second-order valence-corrected chi connectivity index (χ2v) is 6.62. The zero-order valence-corrected chi connectivity index (χ0v) is 16.0. The van der Waals surface area contributed by atoms with E-state index in [4.69, 9.17) is 26.2 Å². The molecule has 0 aliphatic carbocycles. The lowest BCUT2D eigenvalue weighted by Crippen LogP contribution is -2.08. The molecule has 2 heterocycles. The maximum Gasteiger partial charge on any atom is 0.191 e. The Balaban J connectivity index is 1.84. The van der Waals surface area contributed by atoms with E-state index in [1.165, 1.54) is 6.92 Å². The number of aryl methyl sites for hydroxylation is 1. The second-order valence-electron chi connectivity index (χ2n) is 6.24. The molecule has 7 nitrogen and oxygen atoms in total. The van der Waals surface area contributed by atoms with Crippen molar-refractivity contribution in [3.8, 4) is 16.9 Å². The SMILES string of the molecule is [2H]C([2H])([2H])n1cnc([C@H](C)Oc2cc(F)c(-c3ccc(F)c(Cl)c3F)c3ncnc(N)c23)n1. The lowest BCUT2D eigenvalue weighted by Gasteiger charge is -2.17. The summed E-state index contributed by atoms with van der Waals surface area (Å²) in [6.07, 6.45) is 1.14. The van der Waals surface area contributed by atoms with Gasteiger partial charge in [0, 0.05) is 28.3 Å². The second kappa shape index (κ2) is 7.45. The summed E-state index contributed by atoms with van der Waals surface area (Å²) in [5.74, 6) is -3.33. The topological polar surface area (TPSA) is 91.7 Å². The van der Waals surface area contributed by atoms with Gasteiger partial charge >= 0.3 is 0 Å². The fraction of sp³-hybridized carbons (Fsp3) is 0.158. The van der Waals surface area contributed by atoms with Gasteiger partial charge in [0.05, 0.1) is 10.9 Å². The third kappa shape index (κ3) is 3.28. The van der Waals surface area contributed by atoms with Gasteiger partial charge in [-0.25, -0.2) is 28.1 Å². The van der Waals surface area contributed by atoms with Crippen molar-refractivity contribution in [1.82, 2.24) is 24.7 Å². The van der Waals surface area contributed by atoms with E-state index < -0.39 is 35.6 Å². The Kier molecular flexibility index (Phi) is 4.07. The third-order valence-corrected chi connectivity index (χ3v) is 4.68. The maximum atomic E-state index is 15.2. The standard InChI is InChI=1S/C19H14ClF3N6O/c1-8(19-27-7-29(2)28-19)30-12-5-11(22)13(17-14(12)18(24)26-6-25-17)9-3-4-10(21)15(20)16(9)23/h3-8H,1-2H3,(H2,24,25,26)/t8-/m0/s1/i2D3. The van der Waals surface area contributed by atoms with E-state index in [1.54, 1.807) is 0 Å². The number of halogens is 4. The number of aromatic nitrogens is 5. The van der Waals surface area contributed by atoms with Crippen LogP contribution in [0.2, 0.25) is 5.02 Å². The molecule has 154 valence electrons. The quantitative estimate of drug-likeness (QED) is 0.481. The molecule has 30 heavy (non-hydrogen) atoms. The number of benzene rings is 2. The lowest BCUT2D eigenvalue weighted by molar-refractivity contribution is 0.218. The van der Waals surface area contributed by atoms with Crippen molar-refractivity contribution in [1.29, 1.82) is 0 Å². The summed E-state index contributed by atoms with van der Waals surface area (Å²) in [4.78, 5) is 11.8. The highest BCUT2D eigenvalue weighted by Gasteiger charge is 2.24. The number of rotatable bonds is 4. The van der Waals surface area contributed by atoms with Crippen LogP contribution in [-0.4, -0.2) is 24.7 Å². The van der Waals surface area contributed by atoms with E-state index in [1.807, 2.05) is 0 Å². The van der Waals surface area contributed by atoms with Gasteiger partial charge in [0.15, 0.2) is 17.7 Å². The van der Waals surface area contributed by atoms with Crippen LogP contribution in [0, 0.1) is 17.5 Å². The van der Waals surface area contributed by atoms with Crippen LogP contribution in [0.1, 0.15) is 23.0 Å². The predicted octanol–water partition coefficient (Wildman–Crippen LogP) is 4.22. The lowest BCUT2D eigenvalue weighted by atomic mass is 10.00. The number of nitrogen functional groups attached to an aromatic ring is 1. The number of nitrogens with two attached hydrogens (primary N) is 1. The number of ether oxygens (including phenoxy) is 1. The first-order valence-electron chi connectivity index (χ1n) is 9.94. The first kappa shape index (κ1) is 16.4. The van der Waals surface area contributed by atoms with E-state index in [2.05, 4.69) is 20.1 Å². The Morgan fingerprint density at radius 3 is 2.73 bits per heavy atom. The summed E-state index contributed by atoms with van der Waals surface area (Å²) in [5, 5.41) is 3.11. The number of hydrogen-bond acceptors (Lipinski definition) is 6. The Labute approximate surface area is 177 Å². The van der Waals surface area contributed by atoms with Crippen LogP contribution in [-0.2, 0) is 6.98 Å². The highest BCUT2D eigenvalue weighted by atomic mass is 35.5. The molecule has 0 aliphatic heterocycles. The molecule has 2 aromatic heterocycles. The normalized spacial score (nSPS) is 14.2. The van der Waals surface area contributed by atoms with Crippen molar-refractivity contribution in [3.05, 3.63) is 59.2 Å². The van der Waals surface area contributed by atoms with Crippen LogP contribution in [0.5, 0.6) is 5.75 Å². The summed E-state index contributed by atoms with van der Waals surface area (Å²) in [5.41, 5.74) is 5.22. The Bertz CT molecular complexity index is 1380. The Morgan fingerprint density at radius 2 is 2.00 bits per heavy atom. The van der Waals surface area contributed by atoms with Crippen molar-refractivity contribution >= 4 is 28.3 Å². The smallest absolute Gasteiger partial charge is 0.191 e. The molecule has 2 N–H and O–H groups in total. The molecular formula is C19H14ClF3N6O. The van der Waals surface area contributed by atoms with Crippen LogP contribution in [0.25, 0.3) is 22.0 Å². The first-order chi connectivity index (χ1) is 15.5. The minimum Gasteiger partial charge on any atom is -0.482 e. The average Bonchev–Trinajstić information content (AvgIpc) is 3.24. The van der Waals surface area contributed by atoms with Gasteiger partial charge in [-0.3, -0.25) is 4.68 Å². The van der Waals surface area contributed by atoms with E-state index in [9.17, 15) is 8.78 Å². The zero-order chi connectivity index (χ0) is 24.1. The summed E-state index contributed by atoms with van der Waals surface area (Å²) in [6, 6.07) is 2.86. The first-order valence-corrected chi connectivity index (χ1v) is 8.82. The molecule has 2 aromatic carbocycles. The fourth-order valence-electron chi connectivity index (χ4n) is 2.98. The highest BCUT2D eigenvalue weighted by molar-refractivity contribution is 6.31. The van der Waals surface area contributed by atoms with Crippen molar-refractivity contribution in [2.45, 2.75) is 13.0 Å². The van der Waals surface area contributed by atoms with E-state index in [-0.39, 0.29) is 39.4 Å². The molecule has 0 saturated heterocycles. The number of anilines is 1. The third-order valence-electron chi connectivity index (χ3n) is 4.34. The van der Waals surface area contributed by atoms with Crippen molar-refractivity contribution in [2.75, 3.05) is 5.73 Å². The van der Waals surface area contributed by atoms with Crippen molar-refractivity contribution < 1.29 is 22.0 Å². The van der Waals surface area contributed by atoms with E-state index >= 15 is 4.39 Å². The van der Waals surface area contributed by atoms with E-state index in [0.29, 0.717) is 4.68 Å². The van der Waals surface area contributed by atoms with Crippen molar-refractivity contribution in [3.63, 3.8) is 0 Å². The van der Waals surface area contributed by atoms with Crippen LogP contribution >= 0.6 is 11.6 Å². The number of hydrogen-bond donors (Lipinski definition) is 1. The predicted molar refractivity (Wildman–Crippen MR) is 104 cm³/mol.